The molecule has 1 aromatic rings. The Bertz CT molecular complexity index is 507. The molecule has 0 atom stereocenters. The van der Waals surface area contributed by atoms with Gasteiger partial charge >= 0.3 is 5.97 Å². The number of carboxylic acid groups (broad SMARTS) is 1. The van der Waals surface area contributed by atoms with Crippen molar-refractivity contribution < 1.29 is 19.1 Å². The van der Waals surface area contributed by atoms with Crippen LogP contribution in [-0.2, 0) is 9.59 Å². The van der Waals surface area contributed by atoms with E-state index < -0.39 is 11.4 Å². The fourth-order valence-electron chi connectivity index (χ4n) is 3.12. The lowest BCUT2D eigenvalue weighted by atomic mass is 9.69. The highest BCUT2D eigenvalue weighted by atomic mass is 19.1. The summed E-state index contributed by atoms with van der Waals surface area (Å²) in [5.74, 6) is -1.42. The number of nitrogens with one attached hydrogen (secondary N) is 1. The van der Waals surface area contributed by atoms with Gasteiger partial charge in [0, 0.05) is 12.1 Å². The van der Waals surface area contributed by atoms with Crippen LogP contribution in [0.1, 0.15) is 44.9 Å². The van der Waals surface area contributed by atoms with Gasteiger partial charge in [-0.05, 0) is 42.5 Å². The standard InChI is InChI=1S/C16H20FNO3/c17-12-4-6-13(7-5-12)18-14(19)10-16(11-15(20)21)8-2-1-3-9-16/h4-7H,1-3,8-11H2,(H,18,19)(H,20,21). The molecule has 0 saturated heterocycles. The van der Waals surface area contributed by atoms with E-state index in [1.165, 1.54) is 24.3 Å². The van der Waals surface area contributed by atoms with Crippen molar-refractivity contribution in [3.8, 4) is 0 Å². The van der Waals surface area contributed by atoms with Crippen LogP contribution in [0, 0.1) is 11.2 Å². The van der Waals surface area contributed by atoms with Crippen molar-refractivity contribution in [2.24, 2.45) is 5.41 Å². The van der Waals surface area contributed by atoms with E-state index >= 15 is 0 Å². The van der Waals surface area contributed by atoms with Crippen LogP contribution in [0.2, 0.25) is 0 Å². The maximum atomic E-state index is 12.8. The van der Waals surface area contributed by atoms with Gasteiger partial charge in [-0.25, -0.2) is 4.39 Å². The van der Waals surface area contributed by atoms with Crippen LogP contribution in [0.25, 0.3) is 0 Å². The second kappa shape index (κ2) is 6.70. The fourth-order valence-corrected chi connectivity index (χ4v) is 3.12. The number of carbonyl (C=O) groups excluding carboxylic acids is 1. The molecule has 0 aromatic heterocycles. The molecule has 2 N–H and O–H groups in total. The number of carbonyl (C=O) groups is 2. The van der Waals surface area contributed by atoms with E-state index in [1.54, 1.807) is 0 Å². The van der Waals surface area contributed by atoms with E-state index in [1.807, 2.05) is 0 Å². The number of halogens is 1. The lowest BCUT2D eigenvalue weighted by Gasteiger charge is -2.35. The minimum absolute atomic E-state index is 0.0316. The first-order chi connectivity index (χ1) is 9.99. The summed E-state index contributed by atoms with van der Waals surface area (Å²) in [6.07, 6.45) is 4.82. The molecule has 0 aliphatic heterocycles. The van der Waals surface area contributed by atoms with Gasteiger partial charge in [0.15, 0.2) is 0 Å². The Morgan fingerprint density at radius 1 is 1.10 bits per heavy atom. The molecule has 1 fully saturated rings. The molecular formula is C16H20FNO3. The van der Waals surface area contributed by atoms with E-state index in [0.717, 1.165) is 32.1 Å². The zero-order valence-electron chi connectivity index (χ0n) is 11.9. The average Bonchev–Trinajstić information content (AvgIpc) is 2.41. The molecule has 1 aromatic carbocycles. The first-order valence-electron chi connectivity index (χ1n) is 7.26. The van der Waals surface area contributed by atoms with Crippen molar-refractivity contribution in [3.63, 3.8) is 0 Å². The zero-order chi connectivity index (χ0) is 15.3. The van der Waals surface area contributed by atoms with Crippen molar-refractivity contribution >= 4 is 17.6 Å². The first-order valence-corrected chi connectivity index (χ1v) is 7.26. The summed E-state index contributed by atoms with van der Waals surface area (Å²) < 4.78 is 12.8. The van der Waals surface area contributed by atoms with Crippen LogP contribution in [-0.4, -0.2) is 17.0 Å². The van der Waals surface area contributed by atoms with Gasteiger partial charge in [0.2, 0.25) is 5.91 Å². The maximum absolute atomic E-state index is 12.8. The molecule has 1 aliphatic rings. The summed E-state index contributed by atoms with van der Waals surface area (Å²) in [5, 5.41) is 11.8. The van der Waals surface area contributed by atoms with Crippen molar-refractivity contribution in [1.29, 1.82) is 0 Å². The van der Waals surface area contributed by atoms with Crippen molar-refractivity contribution in [2.75, 3.05) is 5.32 Å². The van der Waals surface area contributed by atoms with E-state index in [0.29, 0.717) is 5.69 Å². The number of anilines is 1. The van der Waals surface area contributed by atoms with Crippen LogP contribution >= 0.6 is 0 Å². The summed E-state index contributed by atoms with van der Waals surface area (Å²) in [6, 6.07) is 5.56. The maximum Gasteiger partial charge on any atom is 0.303 e. The lowest BCUT2D eigenvalue weighted by molar-refractivity contribution is -0.140. The normalized spacial score (nSPS) is 17.2. The Balaban J connectivity index is 2.00. The molecule has 5 heteroatoms. The minimum atomic E-state index is -0.855. The Morgan fingerprint density at radius 3 is 2.29 bits per heavy atom. The van der Waals surface area contributed by atoms with Gasteiger partial charge in [-0.2, -0.15) is 0 Å². The summed E-state index contributed by atoms with van der Waals surface area (Å²) >= 11 is 0. The molecule has 1 amide bonds. The highest BCUT2D eigenvalue weighted by molar-refractivity contribution is 5.91. The zero-order valence-corrected chi connectivity index (χ0v) is 11.9. The topological polar surface area (TPSA) is 66.4 Å². The third-order valence-electron chi connectivity index (χ3n) is 4.10. The molecule has 1 aliphatic carbocycles. The van der Waals surface area contributed by atoms with Gasteiger partial charge in [0.05, 0.1) is 6.42 Å². The summed E-state index contributed by atoms with van der Waals surface area (Å²) in [7, 11) is 0. The predicted octanol–water partition coefficient (Wildman–Crippen LogP) is 3.58. The molecule has 0 heterocycles. The van der Waals surface area contributed by atoms with Crippen molar-refractivity contribution in [1.82, 2.24) is 0 Å². The van der Waals surface area contributed by atoms with Gasteiger partial charge in [0.25, 0.3) is 0 Å². The van der Waals surface area contributed by atoms with E-state index in [2.05, 4.69) is 5.32 Å². The molecule has 21 heavy (non-hydrogen) atoms. The Labute approximate surface area is 123 Å². The summed E-state index contributed by atoms with van der Waals surface area (Å²) in [4.78, 5) is 23.2. The monoisotopic (exact) mass is 293 g/mol. The summed E-state index contributed by atoms with van der Waals surface area (Å²) in [5.41, 5.74) is 0.0940. The van der Waals surface area contributed by atoms with Gasteiger partial charge in [-0.1, -0.05) is 19.3 Å². The third kappa shape index (κ3) is 4.55. The molecular weight excluding hydrogens is 273 g/mol. The number of amides is 1. The molecule has 114 valence electrons. The largest absolute Gasteiger partial charge is 0.481 e. The van der Waals surface area contributed by atoms with E-state index in [9.17, 15) is 14.0 Å². The molecule has 0 spiro atoms. The van der Waals surface area contributed by atoms with Gasteiger partial charge < -0.3 is 10.4 Å². The number of aliphatic carboxylic acids is 1. The molecule has 2 rings (SSSR count). The predicted molar refractivity (Wildman–Crippen MR) is 77.4 cm³/mol. The average molecular weight is 293 g/mol. The minimum Gasteiger partial charge on any atom is -0.481 e. The van der Waals surface area contributed by atoms with Gasteiger partial charge in [-0.3, -0.25) is 9.59 Å². The van der Waals surface area contributed by atoms with E-state index in [-0.39, 0.29) is 24.6 Å². The number of hydrogen-bond donors (Lipinski definition) is 2. The third-order valence-corrected chi connectivity index (χ3v) is 4.10. The molecule has 1 saturated carbocycles. The molecule has 0 unspecified atom stereocenters. The Kier molecular flexibility index (Phi) is 4.94. The summed E-state index contributed by atoms with van der Waals surface area (Å²) in [6.45, 7) is 0. The second-order valence-electron chi connectivity index (χ2n) is 5.86. The number of carboxylic acids is 1. The van der Waals surface area contributed by atoms with E-state index in [4.69, 9.17) is 5.11 Å². The van der Waals surface area contributed by atoms with Crippen molar-refractivity contribution in [2.45, 2.75) is 44.9 Å². The quantitative estimate of drug-likeness (QED) is 0.872. The molecule has 4 nitrogen and oxygen atoms in total. The Morgan fingerprint density at radius 2 is 1.71 bits per heavy atom. The number of rotatable bonds is 5. The van der Waals surface area contributed by atoms with Gasteiger partial charge in [-0.15, -0.1) is 0 Å². The molecule has 0 radical (unpaired) electrons. The van der Waals surface area contributed by atoms with Crippen LogP contribution < -0.4 is 5.32 Å². The Hall–Kier alpha value is -1.91. The number of hydrogen-bond acceptors (Lipinski definition) is 2. The number of benzene rings is 1. The van der Waals surface area contributed by atoms with Crippen LogP contribution in [0.4, 0.5) is 10.1 Å². The highest BCUT2D eigenvalue weighted by Gasteiger charge is 2.36. The second-order valence-corrected chi connectivity index (χ2v) is 5.86. The van der Waals surface area contributed by atoms with Crippen LogP contribution in [0.3, 0.4) is 0 Å². The van der Waals surface area contributed by atoms with Crippen molar-refractivity contribution in [3.05, 3.63) is 30.1 Å². The van der Waals surface area contributed by atoms with Gasteiger partial charge in [0.1, 0.15) is 5.82 Å². The van der Waals surface area contributed by atoms with Crippen LogP contribution in [0.5, 0.6) is 0 Å². The fraction of sp³-hybridized carbons (Fsp3) is 0.500. The van der Waals surface area contributed by atoms with Crippen LogP contribution in [0.15, 0.2) is 24.3 Å². The smallest absolute Gasteiger partial charge is 0.303 e. The first kappa shape index (κ1) is 15.5. The lowest BCUT2D eigenvalue weighted by Crippen LogP contribution is -2.32. The molecule has 0 bridgehead atoms. The SMILES string of the molecule is O=C(O)CC1(CC(=O)Nc2ccc(F)cc2)CCCCC1. The highest BCUT2D eigenvalue weighted by Crippen LogP contribution is 2.42.